The molecule has 0 saturated heterocycles. The lowest BCUT2D eigenvalue weighted by molar-refractivity contribution is 0.0863. The molecule has 6 nitrogen and oxygen atoms in total. The smallest absolute Gasteiger partial charge is 0.295 e. The second-order valence-electron chi connectivity index (χ2n) is 5.90. The van der Waals surface area contributed by atoms with Gasteiger partial charge in [0.25, 0.3) is 11.5 Å². The molecule has 1 heterocycles. The molecule has 27 heavy (non-hydrogen) atoms. The predicted octanol–water partition coefficient (Wildman–Crippen LogP) is 2.93. The van der Waals surface area contributed by atoms with Gasteiger partial charge in [0.15, 0.2) is 5.78 Å². The Morgan fingerprint density at radius 2 is 1.78 bits per heavy atom. The van der Waals surface area contributed by atoms with E-state index in [-0.39, 0.29) is 18.0 Å². The van der Waals surface area contributed by atoms with E-state index in [1.807, 2.05) is 30.3 Å². The van der Waals surface area contributed by atoms with Gasteiger partial charge in [0.05, 0.1) is 0 Å². The first-order chi connectivity index (χ1) is 13.0. The summed E-state index contributed by atoms with van der Waals surface area (Å²) < 4.78 is 1.04. The normalized spacial score (nSPS) is 10.3. The monoisotopic (exact) mass is 362 g/mol. The molecule has 2 aromatic carbocycles. The Labute approximate surface area is 156 Å². The predicted molar refractivity (Wildman–Crippen MR) is 102 cm³/mol. The van der Waals surface area contributed by atoms with Gasteiger partial charge < -0.3 is 10.2 Å². The number of carbonyl (C=O) groups is 2. The Morgan fingerprint density at radius 3 is 2.52 bits per heavy atom. The maximum absolute atomic E-state index is 12.5. The molecule has 0 aliphatic carbocycles. The molecule has 3 aromatic rings. The topological polar surface area (TPSA) is 77.4 Å². The number of rotatable bonds is 6. The molecule has 0 radical (unpaired) electrons. The standard InChI is InChI=1S/C21H18N2O4/c1-15(24)17-9-5-10-18(13-17)22-20(25)19-11-6-12-23(21(19)26)27-14-16-7-3-2-4-8-16/h2-13H,14H2,1H3,(H,22,25). The molecule has 1 aromatic heterocycles. The first-order valence-electron chi connectivity index (χ1n) is 8.36. The number of hydrogen-bond acceptors (Lipinski definition) is 4. The molecule has 6 heteroatoms. The lowest BCUT2D eigenvalue weighted by Crippen LogP contribution is -2.32. The first-order valence-corrected chi connectivity index (χ1v) is 8.36. The van der Waals surface area contributed by atoms with Crippen molar-refractivity contribution in [2.45, 2.75) is 13.5 Å². The lowest BCUT2D eigenvalue weighted by atomic mass is 10.1. The third-order valence-corrected chi connectivity index (χ3v) is 3.90. The fraction of sp³-hybridized carbons (Fsp3) is 0.0952. The number of nitrogens with zero attached hydrogens (tertiary/aromatic N) is 1. The number of aromatic nitrogens is 1. The maximum Gasteiger partial charge on any atom is 0.295 e. The highest BCUT2D eigenvalue weighted by Crippen LogP contribution is 2.12. The highest BCUT2D eigenvalue weighted by atomic mass is 16.7. The van der Waals surface area contributed by atoms with E-state index in [0.717, 1.165) is 10.3 Å². The quantitative estimate of drug-likeness (QED) is 0.684. The number of anilines is 1. The van der Waals surface area contributed by atoms with Gasteiger partial charge in [-0.25, -0.2) is 0 Å². The van der Waals surface area contributed by atoms with Crippen molar-refractivity contribution in [2.75, 3.05) is 5.32 Å². The summed E-state index contributed by atoms with van der Waals surface area (Å²) in [6.45, 7) is 1.65. The summed E-state index contributed by atoms with van der Waals surface area (Å²) in [4.78, 5) is 42.0. The zero-order chi connectivity index (χ0) is 19.2. The molecule has 0 atom stereocenters. The van der Waals surface area contributed by atoms with Crippen LogP contribution in [0.3, 0.4) is 0 Å². The van der Waals surface area contributed by atoms with Crippen LogP contribution >= 0.6 is 0 Å². The van der Waals surface area contributed by atoms with Crippen molar-refractivity contribution < 1.29 is 14.4 Å². The summed E-state index contributed by atoms with van der Waals surface area (Å²) in [5.41, 5.74) is 1.20. The number of benzene rings is 2. The van der Waals surface area contributed by atoms with E-state index in [0.29, 0.717) is 11.3 Å². The second-order valence-corrected chi connectivity index (χ2v) is 5.90. The first kappa shape index (κ1) is 18.1. The number of pyridine rings is 1. The van der Waals surface area contributed by atoms with Gasteiger partial charge in [-0.1, -0.05) is 42.5 Å². The fourth-order valence-corrected chi connectivity index (χ4v) is 2.48. The Balaban J connectivity index is 1.76. The van der Waals surface area contributed by atoms with Gasteiger partial charge >= 0.3 is 0 Å². The fourth-order valence-electron chi connectivity index (χ4n) is 2.48. The second kappa shape index (κ2) is 8.14. The van der Waals surface area contributed by atoms with Crippen molar-refractivity contribution in [1.29, 1.82) is 0 Å². The minimum absolute atomic E-state index is 0.0567. The van der Waals surface area contributed by atoms with Gasteiger partial charge in [0.1, 0.15) is 12.2 Å². The van der Waals surface area contributed by atoms with Crippen LogP contribution in [-0.4, -0.2) is 16.4 Å². The molecule has 0 bridgehead atoms. The van der Waals surface area contributed by atoms with E-state index in [2.05, 4.69) is 5.32 Å². The lowest BCUT2D eigenvalue weighted by Gasteiger charge is -2.10. The van der Waals surface area contributed by atoms with Crippen LogP contribution in [0.1, 0.15) is 33.2 Å². The van der Waals surface area contributed by atoms with Crippen LogP contribution in [0.15, 0.2) is 77.7 Å². The van der Waals surface area contributed by atoms with Gasteiger partial charge in [-0.2, -0.15) is 4.73 Å². The maximum atomic E-state index is 12.5. The third kappa shape index (κ3) is 4.49. The van der Waals surface area contributed by atoms with E-state index in [4.69, 9.17) is 4.84 Å². The Hall–Kier alpha value is -3.67. The molecular weight excluding hydrogens is 344 g/mol. The molecule has 1 amide bonds. The number of nitrogens with one attached hydrogen (secondary N) is 1. The zero-order valence-corrected chi connectivity index (χ0v) is 14.7. The van der Waals surface area contributed by atoms with Crippen LogP contribution in [-0.2, 0) is 6.61 Å². The van der Waals surface area contributed by atoms with Gasteiger partial charge in [-0.15, -0.1) is 0 Å². The highest BCUT2D eigenvalue weighted by molar-refractivity contribution is 6.04. The number of hydrogen-bond donors (Lipinski definition) is 1. The van der Waals surface area contributed by atoms with Crippen molar-refractivity contribution in [3.05, 3.63) is 100.0 Å². The summed E-state index contributed by atoms with van der Waals surface area (Å²) in [5.74, 6) is -0.680. The van der Waals surface area contributed by atoms with E-state index >= 15 is 0 Å². The SMILES string of the molecule is CC(=O)c1cccc(NC(=O)c2cccn(OCc3ccccc3)c2=O)c1. The molecule has 0 aliphatic rings. The molecule has 1 N–H and O–H groups in total. The highest BCUT2D eigenvalue weighted by Gasteiger charge is 2.13. The Bertz CT molecular complexity index is 1030. The number of ketones is 1. The van der Waals surface area contributed by atoms with E-state index < -0.39 is 11.5 Å². The van der Waals surface area contributed by atoms with Crippen molar-refractivity contribution in [2.24, 2.45) is 0 Å². The summed E-state index contributed by atoms with van der Waals surface area (Å²) in [6.07, 6.45) is 1.46. The largest absolute Gasteiger partial charge is 0.406 e. The van der Waals surface area contributed by atoms with Gasteiger partial charge in [-0.3, -0.25) is 14.4 Å². The van der Waals surface area contributed by atoms with E-state index in [1.54, 1.807) is 30.3 Å². The minimum atomic E-state index is -0.571. The Kier molecular flexibility index (Phi) is 5.47. The van der Waals surface area contributed by atoms with Crippen LogP contribution < -0.4 is 15.7 Å². The summed E-state index contributed by atoms with van der Waals surface area (Å²) in [5, 5.41) is 2.64. The average Bonchev–Trinajstić information content (AvgIpc) is 2.68. The molecule has 136 valence electrons. The molecule has 0 spiro atoms. The van der Waals surface area contributed by atoms with Crippen LogP contribution in [0, 0.1) is 0 Å². The van der Waals surface area contributed by atoms with Crippen molar-refractivity contribution in [3.63, 3.8) is 0 Å². The van der Waals surface area contributed by atoms with E-state index in [9.17, 15) is 14.4 Å². The third-order valence-electron chi connectivity index (χ3n) is 3.90. The van der Waals surface area contributed by atoms with Crippen LogP contribution in [0.25, 0.3) is 0 Å². The van der Waals surface area contributed by atoms with E-state index in [1.165, 1.54) is 19.2 Å². The summed E-state index contributed by atoms with van der Waals surface area (Å²) in [7, 11) is 0. The Morgan fingerprint density at radius 1 is 1.00 bits per heavy atom. The zero-order valence-electron chi connectivity index (χ0n) is 14.7. The average molecular weight is 362 g/mol. The number of amides is 1. The van der Waals surface area contributed by atoms with Gasteiger partial charge in [0.2, 0.25) is 0 Å². The molecule has 0 fully saturated rings. The van der Waals surface area contributed by atoms with Crippen LogP contribution in [0.5, 0.6) is 0 Å². The molecular formula is C21H18N2O4. The summed E-state index contributed by atoms with van der Waals surface area (Å²) in [6, 6.07) is 18.9. The molecule has 0 aliphatic heterocycles. The number of Topliss-reactive ketones (excluding diaryl/α,β-unsaturated/α-hetero) is 1. The van der Waals surface area contributed by atoms with Crippen molar-refractivity contribution in [3.8, 4) is 0 Å². The van der Waals surface area contributed by atoms with Crippen LogP contribution in [0.2, 0.25) is 0 Å². The summed E-state index contributed by atoms with van der Waals surface area (Å²) >= 11 is 0. The minimum Gasteiger partial charge on any atom is -0.406 e. The van der Waals surface area contributed by atoms with Gasteiger partial charge in [0, 0.05) is 17.4 Å². The molecule has 0 saturated carbocycles. The number of carbonyl (C=O) groups excluding carboxylic acids is 2. The van der Waals surface area contributed by atoms with Crippen LogP contribution in [0.4, 0.5) is 5.69 Å². The van der Waals surface area contributed by atoms with Gasteiger partial charge in [-0.05, 0) is 36.8 Å². The van der Waals surface area contributed by atoms with Crippen molar-refractivity contribution >= 4 is 17.4 Å². The molecule has 3 rings (SSSR count). The van der Waals surface area contributed by atoms with Crippen molar-refractivity contribution in [1.82, 2.24) is 4.73 Å². The molecule has 0 unspecified atom stereocenters.